The molecule has 0 aliphatic heterocycles. The zero-order valence-corrected chi connectivity index (χ0v) is 22.3. The number of hydrogen-bond acceptors (Lipinski definition) is 1. The molecular formula is C27H52OSi. The van der Waals surface area contributed by atoms with Crippen molar-refractivity contribution in [3.63, 3.8) is 0 Å². The maximum absolute atomic E-state index is 7.01. The summed E-state index contributed by atoms with van der Waals surface area (Å²) >= 11 is 0. The molecule has 1 aliphatic rings. The minimum atomic E-state index is -1.78. The van der Waals surface area contributed by atoms with Crippen LogP contribution in [0.4, 0.5) is 0 Å². The van der Waals surface area contributed by atoms with Gasteiger partial charge in [-0.3, -0.25) is 0 Å². The summed E-state index contributed by atoms with van der Waals surface area (Å²) in [5.74, 6) is 10.0. The number of unbranched alkanes of at least 4 members (excludes halogenated alkanes) is 5. The highest BCUT2D eigenvalue weighted by molar-refractivity contribution is 6.77. The second kappa shape index (κ2) is 13.2. The lowest BCUT2D eigenvalue weighted by Crippen LogP contribution is -2.53. The van der Waals surface area contributed by atoms with E-state index in [1.165, 1.54) is 44.9 Å². The first-order chi connectivity index (χ1) is 13.7. The summed E-state index contributed by atoms with van der Waals surface area (Å²) in [5, 5.41) is 0. The van der Waals surface area contributed by atoms with Gasteiger partial charge in [-0.05, 0) is 47.2 Å². The first kappa shape index (κ1) is 26.8. The van der Waals surface area contributed by atoms with Crippen LogP contribution in [0.15, 0.2) is 0 Å². The highest BCUT2D eigenvalue weighted by Crippen LogP contribution is 2.50. The Bertz CT molecular complexity index is 477. The van der Waals surface area contributed by atoms with Crippen molar-refractivity contribution >= 4 is 8.32 Å². The molecule has 1 aliphatic carbocycles. The fourth-order valence-electron chi connectivity index (χ4n) is 6.06. The van der Waals surface area contributed by atoms with E-state index in [-0.39, 0.29) is 0 Å². The van der Waals surface area contributed by atoms with Crippen molar-refractivity contribution in [3.8, 4) is 11.8 Å². The molecule has 0 aromatic rings. The van der Waals surface area contributed by atoms with Crippen LogP contribution in [-0.2, 0) is 4.43 Å². The second-order valence-electron chi connectivity index (χ2n) is 10.6. The molecule has 1 rings (SSSR count). The Kier molecular flexibility index (Phi) is 12.2. The van der Waals surface area contributed by atoms with E-state index in [2.05, 4.69) is 74.2 Å². The second-order valence-corrected chi connectivity index (χ2v) is 16.1. The van der Waals surface area contributed by atoms with Crippen LogP contribution in [0.25, 0.3) is 0 Å². The van der Waals surface area contributed by atoms with Gasteiger partial charge in [-0.2, -0.15) is 0 Å². The van der Waals surface area contributed by atoms with Crippen molar-refractivity contribution in [2.24, 2.45) is 23.7 Å². The van der Waals surface area contributed by atoms with E-state index in [4.69, 9.17) is 4.43 Å². The van der Waals surface area contributed by atoms with Crippen molar-refractivity contribution in [1.29, 1.82) is 0 Å². The quantitative estimate of drug-likeness (QED) is 0.164. The zero-order chi connectivity index (χ0) is 22.0. The molecule has 2 heteroatoms. The minimum Gasteiger partial charge on any atom is -0.416 e. The molecule has 0 N–H and O–H groups in total. The van der Waals surface area contributed by atoms with Crippen molar-refractivity contribution in [3.05, 3.63) is 0 Å². The Balaban J connectivity index is 2.85. The van der Waals surface area contributed by atoms with Crippen LogP contribution in [0.2, 0.25) is 16.6 Å². The van der Waals surface area contributed by atoms with E-state index in [1.807, 2.05) is 0 Å². The Labute approximate surface area is 185 Å². The van der Waals surface area contributed by atoms with Crippen LogP contribution in [-0.4, -0.2) is 14.9 Å². The van der Waals surface area contributed by atoms with Gasteiger partial charge in [-0.1, -0.05) is 100 Å². The SMILES string of the molecule is CCCCC#C[C@H]1[C@H](CCCCCC)[C@@H](C)[C@@H]1CO[Si](C(C)C)(C(C)C)C(C)C. The summed E-state index contributed by atoms with van der Waals surface area (Å²) < 4.78 is 7.01. The smallest absolute Gasteiger partial charge is 0.200 e. The van der Waals surface area contributed by atoms with E-state index >= 15 is 0 Å². The summed E-state index contributed by atoms with van der Waals surface area (Å²) in [6, 6.07) is 0. The van der Waals surface area contributed by atoms with Gasteiger partial charge in [0.1, 0.15) is 0 Å². The predicted molar refractivity (Wildman–Crippen MR) is 133 cm³/mol. The Morgan fingerprint density at radius 3 is 1.90 bits per heavy atom. The van der Waals surface area contributed by atoms with Crippen LogP contribution in [0.3, 0.4) is 0 Å². The molecule has 1 fully saturated rings. The molecule has 0 amide bonds. The average molecular weight is 421 g/mol. The van der Waals surface area contributed by atoms with E-state index in [1.54, 1.807) is 0 Å². The molecule has 0 unspecified atom stereocenters. The van der Waals surface area contributed by atoms with Gasteiger partial charge < -0.3 is 4.43 Å². The van der Waals surface area contributed by atoms with E-state index in [0.29, 0.717) is 28.5 Å². The minimum absolute atomic E-state index is 0.571. The van der Waals surface area contributed by atoms with Gasteiger partial charge in [0, 0.05) is 18.9 Å². The van der Waals surface area contributed by atoms with Crippen LogP contribution in [0.1, 0.15) is 114 Å². The molecule has 0 aromatic heterocycles. The first-order valence-corrected chi connectivity index (χ1v) is 15.0. The molecule has 0 saturated heterocycles. The van der Waals surface area contributed by atoms with Gasteiger partial charge in [0.2, 0.25) is 0 Å². The molecule has 170 valence electrons. The van der Waals surface area contributed by atoms with Gasteiger partial charge in [-0.25, -0.2) is 0 Å². The molecule has 0 bridgehead atoms. The Morgan fingerprint density at radius 1 is 0.793 bits per heavy atom. The van der Waals surface area contributed by atoms with Gasteiger partial charge in [-0.15, -0.1) is 5.92 Å². The highest BCUT2D eigenvalue weighted by atomic mass is 28.4. The Hall–Kier alpha value is -0.263. The summed E-state index contributed by atoms with van der Waals surface area (Å²) in [6.45, 7) is 22.4. The normalized spacial score (nSPS) is 24.7. The third-order valence-electron chi connectivity index (χ3n) is 7.82. The third-order valence-corrected chi connectivity index (χ3v) is 13.9. The molecule has 0 radical (unpaired) electrons. The van der Waals surface area contributed by atoms with Gasteiger partial charge in [0.15, 0.2) is 8.32 Å². The highest BCUT2D eigenvalue weighted by Gasteiger charge is 2.50. The Morgan fingerprint density at radius 2 is 1.38 bits per heavy atom. The fraction of sp³-hybridized carbons (Fsp3) is 0.926. The number of rotatable bonds is 13. The lowest BCUT2D eigenvalue weighted by Gasteiger charge is -2.51. The van der Waals surface area contributed by atoms with E-state index < -0.39 is 8.32 Å². The molecule has 29 heavy (non-hydrogen) atoms. The molecule has 4 atom stereocenters. The van der Waals surface area contributed by atoms with Crippen LogP contribution < -0.4 is 0 Å². The van der Waals surface area contributed by atoms with Crippen molar-refractivity contribution in [2.45, 2.75) is 130 Å². The van der Waals surface area contributed by atoms with Crippen molar-refractivity contribution in [2.75, 3.05) is 6.61 Å². The maximum atomic E-state index is 7.01. The van der Waals surface area contributed by atoms with Crippen molar-refractivity contribution < 1.29 is 4.43 Å². The van der Waals surface area contributed by atoms with E-state index in [0.717, 1.165) is 24.9 Å². The van der Waals surface area contributed by atoms with Crippen LogP contribution in [0.5, 0.6) is 0 Å². The molecular weight excluding hydrogens is 368 g/mol. The summed E-state index contributed by atoms with van der Waals surface area (Å²) in [6.07, 6.45) is 10.4. The number of hydrogen-bond donors (Lipinski definition) is 0. The van der Waals surface area contributed by atoms with E-state index in [9.17, 15) is 0 Å². The monoisotopic (exact) mass is 420 g/mol. The topological polar surface area (TPSA) is 9.23 Å². The van der Waals surface area contributed by atoms with Gasteiger partial charge >= 0.3 is 0 Å². The molecule has 0 spiro atoms. The average Bonchev–Trinajstić information content (AvgIpc) is 2.65. The fourth-order valence-corrected chi connectivity index (χ4v) is 11.5. The molecule has 0 heterocycles. The largest absolute Gasteiger partial charge is 0.416 e. The summed E-state index contributed by atoms with van der Waals surface area (Å²) in [4.78, 5) is 0. The summed E-state index contributed by atoms with van der Waals surface area (Å²) in [5.41, 5.74) is 1.99. The van der Waals surface area contributed by atoms with Gasteiger partial charge in [0.25, 0.3) is 0 Å². The lowest BCUT2D eigenvalue weighted by molar-refractivity contribution is -0.0146. The maximum Gasteiger partial charge on any atom is 0.200 e. The third kappa shape index (κ3) is 6.86. The zero-order valence-electron chi connectivity index (χ0n) is 21.3. The first-order valence-electron chi connectivity index (χ1n) is 12.9. The molecule has 0 aromatic carbocycles. The van der Waals surface area contributed by atoms with Crippen LogP contribution >= 0.6 is 0 Å². The van der Waals surface area contributed by atoms with Crippen molar-refractivity contribution in [1.82, 2.24) is 0 Å². The van der Waals surface area contributed by atoms with Gasteiger partial charge in [0.05, 0.1) is 0 Å². The molecule has 1 saturated carbocycles. The van der Waals surface area contributed by atoms with Crippen LogP contribution in [0, 0.1) is 35.5 Å². The predicted octanol–water partition coefficient (Wildman–Crippen LogP) is 8.84. The standard InChI is InChI=1S/C27H52OSi/c1-10-12-14-16-18-25-24(9)27(26(25)19-17-15-13-11-2)20-28-29(21(3)4,22(5)6)23(7)8/h21-27H,10-16,18,20H2,1-9H3/t24-,25-,26+,27+/m1/s1. The lowest BCUT2D eigenvalue weighted by atomic mass is 9.56. The summed E-state index contributed by atoms with van der Waals surface area (Å²) in [7, 11) is -1.78. The molecule has 1 nitrogen and oxygen atoms in total.